The summed E-state index contributed by atoms with van der Waals surface area (Å²) in [5, 5.41) is 2.99. The van der Waals surface area contributed by atoms with Gasteiger partial charge in [0, 0.05) is 13.2 Å². The van der Waals surface area contributed by atoms with Crippen LogP contribution in [-0.4, -0.2) is 65.0 Å². The minimum Gasteiger partial charge on any atom is -0.496 e. The lowest BCUT2D eigenvalue weighted by Gasteiger charge is -2.29. The molecular weight excluding hydrogens is 337 g/mol. The third kappa shape index (κ3) is 5.40. The Balaban J connectivity index is 1.40. The second-order valence-electron chi connectivity index (χ2n) is 7.25. The van der Waals surface area contributed by atoms with Gasteiger partial charge in [-0.05, 0) is 31.0 Å². The molecule has 1 aromatic carbocycles. The van der Waals surface area contributed by atoms with Crippen LogP contribution in [0.5, 0.6) is 5.75 Å². The van der Waals surface area contributed by atoms with E-state index in [0.29, 0.717) is 13.1 Å². The van der Waals surface area contributed by atoms with Crippen molar-refractivity contribution in [1.29, 1.82) is 0 Å². The molecule has 26 heavy (non-hydrogen) atoms. The number of nitrogens with one attached hydrogen (secondary N) is 3. The molecule has 144 valence electrons. The molecule has 0 spiro atoms. The van der Waals surface area contributed by atoms with Crippen molar-refractivity contribution in [2.24, 2.45) is 0 Å². The number of ether oxygens (including phenoxy) is 2. The fourth-order valence-electron chi connectivity index (χ4n) is 3.79. The van der Waals surface area contributed by atoms with Crippen molar-refractivity contribution < 1.29 is 28.5 Å². The lowest BCUT2D eigenvalue weighted by Crippen LogP contribution is -3.28. The van der Waals surface area contributed by atoms with Gasteiger partial charge in [-0.3, -0.25) is 4.79 Å². The molecule has 7 heteroatoms. The molecule has 2 saturated heterocycles. The van der Waals surface area contributed by atoms with E-state index >= 15 is 0 Å². The summed E-state index contributed by atoms with van der Waals surface area (Å²) in [4.78, 5) is 14.8. The predicted molar refractivity (Wildman–Crippen MR) is 94.9 cm³/mol. The van der Waals surface area contributed by atoms with E-state index in [1.165, 1.54) is 15.9 Å². The van der Waals surface area contributed by atoms with Crippen molar-refractivity contribution in [3.8, 4) is 5.75 Å². The van der Waals surface area contributed by atoms with Crippen molar-refractivity contribution in [3.63, 3.8) is 0 Å². The van der Waals surface area contributed by atoms with E-state index in [0.717, 1.165) is 63.5 Å². The molecule has 0 radical (unpaired) electrons. The van der Waals surface area contributed by atoms with Gasteiger partial charge in [0.1, 0.15) is 44.3 Å². The number of halogens is 1. The largest absolute Gasteiger partial charge is 0.496 e. The van der Waals surface area contributed by atoms with Crippen LogP contribution in [0.25, 0.3) is 0 Å². The van der Waals surface area contributed by atoms with Crippen LogP contribution in [0.4, 0.5) is 4.39 Å². The number of carbonyl (C=O) groups excluding carboxylic acids is 1. The third-order valence-electron chi connectivity index (χ3n) is 5.31. The lowest BCUT2D eigenvalue weighted by molar-refractivity contribution is -1.02. The summed E-state index contributed by atoms with van der Waals surface area (Å²) in [5.41, 5.74) is 0.903. The molecule has 0 saturated carbocycles. The van der Waals surface area contributed by atoms with Crippen LogP contribution >= 0.6 is 0 Å². The second-order valence-corrected chi connectivity index (χ2v) is 7.25. The van der Waals surface area contributed by atoms with Gasteiger partial charge in [0.15, 0.2) is 6.54 Å². The Kier molecular flexibility index (Phi) is 6.82. The summed E-state index contributed by atoms with van der Waals surface area (Å²) in [6, 6.07) is 4.67. The number of rotatable bonds is 7. The summed E-state index contributed by atoms with van der Waals surface area (Å²) >= 11 is 0. The van der Waals surface area contributed by atoms with Crippen LogP contribution in [0.3, 0.4) is 0 Å². The van der Waals surface area contributed by atoms with E-state index in [2.05, 4.69) is 5.32 Å². The van der Waals surface area contributed by atoms with Crippen LogP contribution in [0.1, 0.15) is 18.4 Å². The molecule has 2 fully saturated rings. The lowest BCUT2D eigenvalue weighted by atomic mass is 10.1. The number of hydrogen-bond donors (Lipinski definition) is 3. The first-order valence-corrected chi connectivity index (χ1v) is 9.52. The van der Waals surface area contributed by atoms with Crippen LogP contribution in [0, 0.1) is 5.82 Å². The molecule has 3 rings (SSSR count). The van der Waals surface area contributed by atoms with Gasteiger partial charge < -0.3 is 24.6 Å². The summed E-state index contributed by atoms with van der Waals surface area (Å²) in [5.74, 6) is 0.611. The zero-order valence-electron chi connectivity index (χ0n) is 15.5. The molecule has 1 atom stereocenters. The molecule has 0 bridgehead atoms. The van der Waals surface area contributed by atoms with E-state index in [4.69, 9.17) is 9.47 Å². The van der Waals surface area contributed by atoms with E-state index < -0.39 is 0 Å². The maximum Gasteiger partial charge on any atom is 0.275 e. The van der Waals surface area contributed by atoms with Crippen LogP contribution in [0.2, 0.25) is 0 Å². The molecule has 1 amide bonds. The zero-order valence-corrected chi connectivity index (χ0v) is 15.5. The highest BCUT2D eigenvalue weighted by atomic mass is 19.1. The van der Waals surface area contributed by atoms with Crippen molar-refractivity contribution >= 4 is 5.91 Å². The van der Waals surface area contributed by atoms with E-state index in [-0.39, 0.29) is 17.8 Å². The number of carbonyl (C=O) groups is 1. The van der Waals surface area contributed by atoms with E-state index in [1.54, 1.807) is 19.2 Å². The highest BCUT2D eigenvalue weighted by Gasteiger charge is 2.26. The highest BCUT2D eigenvalue weighted by Crippen LogP contribution is 2.18. The van der Waals surface area contributed by atoms with Gasteiger partial charge in [0.25, 0.3) is 5.91 Å². The molecule has 2 aliphatic heterocycles. The van der Waals surface area contributed by atoms with Gasteiger partial charge in [0.05, 0.1) is 18.8 Å². The quantitative estimate of drug-likeness (QED) is 0.545. The van der Waals surface area contributed by atoms with Crippen molar-refractivity contribution in [1.82, 2.24) is 5.32 Å². The molecule has 6 nitrogen and oxygen atoms in total. The van der Waals surface area contributed by atoms with Crippen LogP contribution < -0.4 is 19.9 Å². The topological polar surface area (TPSA) is 56.4 Å². The Morgan fingerprint density at radius 1 is 1.31 bits per heavy atom. The molecule has 0 aromatic heterocycles. The highest BCUT2D eigenvalue weighted by molar-refractivity contribution is 5.76. The first kappa shape index (κ1) is 19.1. The normalized spacial score (nSPS) is 25.8. The van der Waals surface area contributed by atoms with Crippen molar-refractivity contribution in [3.05, 3.63) is 29.6 Å². The Morgan fingerprint density at radius 2 is 2.08 bits per heavy atom. The zero-order chi connectivity index (χ0) is 18.4. The Labute approximate surface area is 154 Å². The molecule has 0 aliphatic carbocycles. The average Bonchev–Trinajstić information content (AvgIpc) is 3.15. The number of quaternary nitrogens is 2. The first-order valence-electron chi connectivity index (χ1n) is 9.52. The fraction of sp³-hybridized carbons (Fsp3) is 0.632. The maximum atomic E-state index is 13.5. The Hall–Kier alpha value is -1.70. The van der Waals surface area contributed by atoms with Crippen LogP contribution in [0.15, 0.2) is 18.2 Å². The number of amides is 1. The standard InChI is InChI=1S/C19H28FN3O3/c1-25-18-5-4-16(20)11-15(18)13-22-6-8-23(9-7-22)14-19(24)21-12-17-3-2-10-26-17/h4-5,11,17H,2-3,6-10,12-14H2,1H3,(H,21,24)/p+2/t17-/m0/s1. The molecule has 1 aromatic rings. The Bertz CT molecular complexity index is 600. The summed E-state index contributed by atoms with van der Waals surface area (Å²) in [7, 11) is 1.61. The first-order chi connectivity index (χ1) is 12.6. The monoisotopic (exact) mass is 367 g/mol. The van der Waals surface area contributed by atoms with Gasteiger partial charge in [-0.15, -0.1) is 0 Å². The minimum absolute atomic E-state index is 0.103. The number of benzene rings is 1. The Morgan fingerprint density at radius 3 is 2.77 bits per heavy atom. The van der Waals surface area contributed by atoms with Gasteiger partial charge in [-0.25, -0.2) is 4.39 Å². The van der Waals surface area contributed by atoms with E-state index in [1.807, 2.05) is 0 Å². The third-order valence-corrected chi connectivity index (χ3v) is 5.31. The van der Waals surface area contributed by atoms with E-state index in [9.17, 15) is 9.18 Å². The van der Waals surface area contributed by atoms with Crippen molar-refractivity contribution in [2.75, 3.05) is 53.0 Å². The molecule has 0 unspecified atom stereocenters. The minimum atomic E-state index is -0.229. The molecule has 3 N–H and O–H groups in total. The van der Waals surface area contributed by atoms with Gasteiger partial charge in [-0.2, -0.15) is 0 Å². The van der Waals surface area contributed by atoms with Crippen LogP contribution in [-0.2, 0) is 16.1 Å². The summed E-state index contributed by atoms with van der Waals surface area (Å²) in [6.07, 6.45) is 2.32. The molecule has 2 aliphatic rings. The molecular formula is C19H30FN3O3+2. The van der Waals surface area contributed by atoms with Gasteiger partial charge in [0.2, 0.25) is 0 Å². The van der Waals surface area contributed by atoms with Gasteiger partial charge in [-0.1, -0.05) is 0 Å². The fourth-order valence-corrected chi connectivity index (χ4v) is 3.79. The second kappa shape index (κ2) is 9.30. The summed E-state index contributed by atoms with van der Waals surface area (Å²) in [6.45, 7) is 6.53. The molecule has 2 heterocycles. The number of piperazine rings is 1. The van der Waals surface area contributed by atoms with Crippen molar-refractivity contribution in [2.45, 2.75) is 25.5 Å². The van der Waals surface area contributed by atoms with Gasteiger partial charge >= 0.3 is 0 Å². The predicted octanol–water partition coefficient (Wildman–Crippen LogP) is -1.59. The summed E-state index contributed by atoms with van der Waals surface area (Å²) < 4.78 is 24.4. The average molecular weight is 367 g/mol. The number of methoxy groups -OCH3 is 1. The number of hydrogen-bond acceptors (Lipinski definition) is 3. The smallest absolute Gasteiger partial charge is 0.275 e. The SMILES string of the molecule is COc1ccc(F)cc1C[NH+]1CC[NH+](CC(=O)NC[C@@H]2CCCO2)CC1. The maximum absolute atomic E-state index is 13.5.